The first kappa shape index (κ1) is 17.6. The molecule has 6 nitrogen and oxygen atoms in total. The van der Waals surface area contributed by atoms with Gasteiger partial charge >= 0.3 is 5.97 Å². The average molecular weight is 348 g/mol. The van der Waals surface area contributed by atoms with Crippen LogP contribution in [0, 0.1) is 0 Å². The summed E-state index contributed by atoms with van der Waals surface area (Å²) in [6, 6.07) is 12.0. The lowest BCUT2D eigenvalue weighted by Gasteiger charge is -2.05. The lowest BCUT2D eigenvalue weighted by atomic mass is 10.2. The Morgan fingerprint density at radius 1 is 1.08 bits per heavy atom. The molecule has 0 bridgehead atoms. The highest BCUT2D eigenvalue weighted by Crippen LogP contribution is 2.22. The van der Waals surface area contributed by atoms with E-state index in [-0.39, 0.29) is 34.3 Å². The van der Waals surface area contributed by atoms with Crippen molar-refractivity contribution in [3.63, 3.8) is 0 Å². The van der Waals surface area contributed by atoms with E-state index in [0.717, 1.165) is 0 Å². The number of carbonyl (C=O) groups is 1. The molecule has 0 heterocycles. The van der Waals surface area contributed by atoms with Crippen LogP contribution in [-0.4, -0.2) is 37.0 Å². The number of aromatic carboxylic acids is 1. The summed E-state index contributed by atoms with van der Waals surface area (Å²) in [6.07, 6.45) is 3.01. The van der Waals surface area contributed by atoms with Crippen molar-refractivity contribution in [2.45, 2.75) is 4.90 Å². The van der Waals surface area contributed by atoms with Gasteiger partial charge in [0.25, 0.3) is 0 Å². The summed E-state index contributed by atoms with van der Waals surface area (Å²) in [5.74, 6) is -1.50. The number of carboxylic acids is 1. The Balaban J connectivity index is 1.92. The Morgan fingerprint density at radius 2 is 1.79 bits per heavy atom. The third-order valence-electron chi connectivity index (χ3n) is 3.13. The second-order valence-electron chi connectivity index (χ2n) is 4.86. The molecule has 0 atom stereocenters. The van der Waals surface area contributed by atoms with E-state index in [0.29, 0.717) is 0 Å². The highest BCUT2D eigenvalue weighted by Gasteiger charge is 2.11. The first-order valence-electron chi connectivity index (χ1n) is 7.02. The molecule has 0 saturated heterocycles. The highest BCUT2D eigenvalue weighted by atomic mass is 32.2. The second kappa shape index (κ2) is 7.65. The molecule has 7 heteroatoms. The second-order valence-corrected chi connectivity index (χ2v) is 6.90. The van der Waals surface area contributed by atoms with Crippen molar-refractivity contribution in [1.82, 2.24) is 0 Å². The van der Waals surface area contributed by atoms with Gasteiger partial charge in [-0.05, 0) is 30.3 Å². The zero-order chi connectivity index (χ0) is 17.6. The van der Waals surface area contributed by atoms with Crippen LogP contribution < -0.4 is 4.74 Å². The molecule has 2 N–H and O–H groups in total. The quantitative estimate of drug-likeness (QED) is 0.746. The molecule has 2 aromatic carbocycles. The molecule has 0 unspecified atom stereocenters. The molecule has 0 spiro atoms. The third-order valence-corrected chi connectivity index (χ3v) is 4.75. The van der Waals surface area contributed by atoms with Gasteiger partial charge in [0, 0.05) is 0 Å². The number of rotatable bonds is 7. The van der Waals surface area contributed by atoms with Gasteiger partial charge in [-0.15, -0.1) is 0 Å². The lowest BCUT2D eigenvalue weighted by Crippen LogP contribution is -2.05. The fourth-order valence-corrected chi connectivity index (χ4v) is 3.06. The number of hydrogen-bond acceptors (Lipinski definition) is 5. The molecule has 2 rings (SSSR count). The van der Waals surface area contributed by atoms with Crippen molar-refractivity contribution >= 4 is 15.8 Å². The zero-order valence-corrected chi connectivity index (χ0v) is 13.4. The van der Waals surface area contributed by atoms with Crippen LogP contribution in [0.1, 0.15) is 10.4 Å². The van der Waals surface area contributed by atoms with Crippen molar-refractivity contribution in [2.75, 3.05) is 12.4 Å². The zero-order valence-electron chi connectivity index (χ0n) is 12.6. The Hall–Kier alpha value is -2.80. The number of carboxylic acid groups (broad SMARTS) is 1. The standard InChI is InChI=1S/C17H16O6S/c18-16-9-8-13(12-15(16)17(19)20)23-10-4-5-11-24(21,22)14-6-2-1-3-7-14/h1-9,12,18H,10-11H2,(H,19,20)/b5-4+. The van der Waals surface area contributed by atoms with Gasteiger partial charge in [0.15, 0.2) is 9.84 Å². The Labute approximate surface area is 139 Å². The molecular weight excluding hydrogens is 332 g/mol. The lowest BCUT2D eigenvalue weighted by molar-refractivity contribution is 0.0693. The molecule has 0 fully saturated rings. The number of ether oxygens (including phenoxy) is 1. The fraction of sp³-hybridized carbons (Fsp3) is 0.118. The first-order chi connectivity index (χ1) is 11.4. The summed E-state index contributed by atoms with van der Waals surface area (Å²) < 4.78 is 29.4. The maximum Gasteiger partial charge on any atom is 0.339 e. The number of aromatic hydroxyl groups is 1. The van der Waals surface area contributed by atoms with E-state index in [4.69, 9.17) is 9.84 Å². The number of sulfone groups is 1. The maximum atomic E-state index is 12.0. The van der Waals surface area contributed by atoms with Crippen molar-refractivity contribution in [3.05, 3.63) is 66.2 Å². The van der Waals surface area contributed by atoms with Gasteiger partial charge in [-0.2, -0.15) is 0 Å². The van der Waals surface area contributed by atoms with Crippen LogP contribution in [0.15, 0.2) is 65.6 Å². The van der Waals surface area contributed by atoms with Crippen molar-refractivity contribution in [3.8, 4) is 11.5 Å². The van der Waals surface area contributed by atoms with Crippen LogP contribution >= 0.6 is 0 Å². The summed E-state index contributed by atoms with van der Waals surface area (Å²) in [5, 5.41) is 18.3. The van der Waals surface area contributed by atoms with Crippen LogP contribution in [0.3, 0.4) is 0 Å². The molecular formula is C17H16O6S. The Kier molecular flexibility index (Phi) is 5.59. The molecule has 0 amide bonds. The summed E-state index contributed by atoms with van der Waals surface area (Å²) in [7, 11) is -3.38. The van der Waals surface area contributed by atoms with E-state index in [9.17, 15) is 18.3 Å². The molecule has 2 aromatic rings. The van der Waals surface area contributed by atoms with Gasteiger partial charge < -0.3 is 14.9 Å². The number of phenols is 1. The first-order valence-corrected chi connectivity index (χ1v) is 8.67. The third kappa shape index (κ3) is 4.60. The van der Waals surface area contributed by atoms with Crippen LogP contribution in [0.5, 0.6) is 11.5 Å². The van der Waals surface area contributed by atoms with E-state index in [1.165, 1.54) is 42.5 Å². The smallest absolute Gasteiger partial charge is 0.339 e. The van der Waals surface area contributed by atoms with Crippen molar-refractivity contribution in [2.24, 2.45) is 0 Å². The molecule has 24 heavy (non-hydrogen) atoms. The normalized spacial score (nSPS) is 11.5. The topological polar surface area (TPSA) is 101 Å². The van der Waals surface area contributed by atoms with Gasteiger partial charge in [-0.25, -0.2) is 13.2 Å². The number of benzene rings is 2. The Bertz CT molecular complexity index is 841. The van der Waals surface area contributed by atoms with Crippen molar-refractivity contribution in [1.29, 1.82) is 0 Å². The summed E-state index contributed by atoms with van der Waals surface area (Å²) >= 11 is 0. The SMILES string of the molecule is O=C(O)c1cc(OC/C=C/CS(=O)(=O)c2ccccc2)ccc1O. The van der Waals surface area contributed by atoms with E-state index in [2.05, 4.69) is 0 Å². The van der Waals surface area contributed by atoms with Crippen LogP contribution in [-0.2, 0) is 9.84 Å². The van der Waals surface area contributed by atoms with Gasteiger partial charge in [0.2, 0.25) is 0 Å². The summed E-state index contributed by atoms with van der Waals surface area (Å²) in [5.41, 5.74) is -0.261. The molecule has 0 aliphatic heterocycles. The predicted molar refractivity (Wildman–Crippen MR) is 88.2 cm³/mol. The van der Waals surface area contributed by atoms with Crippen molar-refractivity contribution < 1.29 is 28.2 Å². The maximum absolute atomic E-state index is 12.0. The fourth-order valence-electron chi connectivity index (χ4n) is 1.91. The van der Waals surface area contributed by atoms with Crippen LogP contribution in [0.4, 0.5) is 0 Å². The van der Waals surface area contributed by atoms with E-state index < -0.39 is 15.8 Å². The molecule has 0 saturated carbocycles. The molecule has 0 aliphatic carbocycles. The highest BCUT2D eigenvalue weighted by molar-refractivity contribution is 7.91. The van der Waals surface area contributed by atoms with E-state index in [1.807, 2.05) is 0 Å². The predicted octanol–water partition coefficient (Wildman–Crippen LogP) is 2.50. The minimum atomic E-state index is -3.38. The monoisotopic (exact) mass is 348 g/mol. The minimum Gasteiger partial charge on any atom is -0.507 e. The minimum absolute atomic E-state index is 0.0775. The molecule has 0 aromatic heterocycles. The largest absolute Gasteiger partial charge is 0.507 e. The van der Waals surface area contributed by atoms with E-state index in [1.54, 1.807) is 18.2 Å². The Morgan fingerprint density at radius 3 is 2.46 bits per heavy atom. The van der Waals surface area contributed by atoms with E-state index >= 15 is 0 Å². The summed E-state index contributed by atoms with van der Waals surface area (Å²) in [6.45, 7) is 0.0775. The van der Waals surface area contributed by atoms with Gasteiger partial charge in [-0.1, -0.05) is 30.4 Å². The average Bonchev–Trinajstić information content (AvgIpc) is 2.56. The van der Waals surface area contributed by atoms with Gasteiger partial charge in [-0.3, -0.25) is 0 Å². The summed E-state index contributed by atoms with van der Waals surface area (Å²) in [4.78, 5) is 11.1. The number of hydrogen-bond donors (Lipinski definition) is 2. The van der Waals surface area contributed by atoms with Gasteiger partial charge in [0.05, 0.1) is 10.6 Å². The van der Waals surface area contributed by atoms with Crippen LogP contribution in [0.25, 0.3) is 0 Å². The molecule has 126 valence electrons. The molecule has 0 radical (unpaired) electrons. The van der Waals surface area contributed by atoms with Crippen LogP contribution in [0.2, 0.25) is 0 Å². The molecule has 0 aliphatic rings. The van der Waals surface area contributed by atoms with Gasteiger partial charge in [0.1, 0.15) is 23.7 Å².